The SMILES string of the molecule is CCCc1sc(C(=O)NCC(=O)NC(C)(C)C)cc1CC. The van der Waals surface area contributed by atoms with Crippen LogP contribution < -0.4 is 10.6 Å². The molecule has 0 atom stereocenters. The molecule has 5 heteroatoms. The highest BCUT2D eigenvalue weighted by molar-refractivity contribution is 7.14. The molecule has 1 rings (SSSR count). The van der Waals surface area contributed by atoms with Crippen LogP contribution in [-0.2, 0) is 17.6 Å². The van der Waals surface area contributed by atoms with E-state index in [1.54, 1.807) is 0 Å². The molecular formula is C16H26N2O2S. The summed E-state index contributed by atoms with van der Waals surface area (Å²) in [7, 11) is 0. The number of amides is 2. The molecule has 1 aromatic heterocycles. The molecule has 0 radical (unpaired) electrons. The van der Waals surface area contributed by atoms with Gasteiger partial charge in [-0.25, -0.2) is 0 Å². The van der Waals surface area contributed by atoms with Gasteiger partial charge in [-0.05, 0) is 45.2 Å². The number of hydrogen-bond donors (Lipinski definition) is 2. The van der Waals surface area contributed by atoms with Crippen LogP contribution >= 0.6 is 11.3 Å². The van der Waals surface area contributed by atoms with Gasteiger partial charge in [0.1, 0.15) is 0 Å². The third-order valence-corrected chi connectivity index (χ3v) is 4.14. The summed E-state index contributed by atoms with van der Waals surface area (Å²) in [5.74, 6) is -0.335. The average Bonchev–Trinajstić information content (AvgIpc) is 2.77. The van der Waals surface area contributed by atoms with Gasteiger partial charge in [-0.2, -0.15) is 0 Å². The van der Waals surface area contributed by atoms with Gasteiger partial charge in [0.25, 0.3) is 5.91 Å². The molecule has 1 heterocycles. The highest BCUT2D eigenvalue weighted by atomic mass is 32.1. The lowest BCUT2D eigenvalue weighted by molar-refractivity contribution is -0.121. The number of thiophene rings is 1. The van der Waals surface area contributed by atoms with Crippen molar-refractivity contribution in [1.29, 1.82) is 0 Å². The average molecular weight is 310 g/mol. The van der Waals surface area contributed by atoms with Crippen molar-refractivity contribution in [3.63, 3.8) is 0 Å². The molecule has 0 bridgehead atoms. The third-order valence-electron chi connectivity index (χ3n) is 2.90. The van der Waals surface area contributed by atoms with Crippen molar-refractivity contribution in [2.24, 2.45) is 0 Å². The maximum Gasteiger partial charge on any atom is 0.261 e. The summed E-state index contributed by atoms with van der Waals surface area (Å²) in [6.07, 6.45) is 3.01. The fraction of sp³-hybridized carbons (Fsp3) is 0.625. The summed E-state index contributed by atoms with van der Waals surface area (Å²) in [6, 6.07) is 1.95. The predicted octanol–water partition coefficient (Wildman–Crippen LogP) is 2.91. The Morgan fingerprint density at radius 1 is 1.24 bits per heavy atom. The van der Waals surface area contributed by atoms with E-state index in [1.807, 2.05) is 26.8 Å². The van der Waals surface area contributed by atoms with Gasteiger partial charge in [0.2, 0.25) is 5.91 Å². The van der Waals surface area contributed by atoms with E-state index < -0.39 is 0 Å². The Morgan fingerprint density at radius 3 is 2.43 bits per heavy atom. The Morgan fingerprint density at radius 2 is 1.90 bits per heavy atom. The third kappa shape index (κ3) is 5.87. The van der Waals surface area contributed by atoms with Crippen molar-refractivity contribution < 1.29 is 9.59 Å². The number of carbonyl (C=O) groups is 2. The molecule has 21 heavy (non-hydrogen) atoms. The Labute approximate surface area is 131 Å². The first-order valence-corrected chi connectivity index (χ1v) is 8.29. The molecule has 0 saturated carbocycles. The van der Waals surface area contributed by atoms with E-state index in [1.165, 1.54) is 21.8 Å². The first-order chi connectivity index (χ1) is 9.76. The molecular weight excluding hydrogens is 284 g/mol. The summed E-state index contributed by atoms with van der Waals surface area (Å²) in [6.45, 7) is 9.98. The molecule has 0 fully saturated rings. The summed E-state index contributed by atoms with van der Waals surface area (Å²) >= 11 is 1.54. The number of carbonyl (C=O) groups excluding carboxylic acids is 2. The van der Waals surface area contributed by atoms with E-state index in [2.05, 4.69) is 24.5 Å². The fourth-order valence-electron chi connectivity index (χ4n) is 2.03. The maximum atomic E-state index is 12.1. The van der Waals surface area contributed by atoms with Gasteiger partial charge in [-0.3, -0.25) is 9.59 Å². The smallest absolute Gasteiger partial charge is 0.261 e. The lowest BCUT2D eigenvalue weighted by atomic mass is 10.1. The number of aryl methyl sites for hydroxylation is 2. The minimum Gasteiger partial charge on any atom is -0.350 e. The number of hydrogen-bond acceptors (Lipinski definition) is 3. The van der Waals surface area contributed by atoms with E-state index in [4.69, 9.17) is 0 Å². The molecule has 1 aromatic rings. The molecule has 0 aromatic carbocycles. The molecule has 2 amide bonds. The van der Waals surface area contributed by atoms with E-state index in [9.17, 15) is 9.59 Å². The van der Waals surface area contributed by atoms with Crippen molar-refractivity contribution in [3.05, 3.63) is 21.4 Å². The van der Waals surface area contributed by atoms with Crippen molar-refractivity contribution >= 4 is 23.2 Å². The largest absolute Gasteiger partial charge is 0.350 e. The zero-order valence-electron chi connectivity index (χ0n) is 13.6. The van der Waals surface area contributed by atoms with Gasteiger partial charge in [0, 0.05) is 10.4 Å². The topological polar surface area (TPSA) is 58.2 Å². The van der Waals surface area contributed by atoms with Gasteiger partial charge >= 0.3 is 0 Å². The lowest BCUT2D eigenvalue weighted by Gasteiger charge is -2.20. The molecule has 0 aliphatic heterocycles. The van der Waals surface area contributed by atoms with Crippen molar-refractivity contribution in [1.82, 2.24) is 10.6 Å². The first kappa shape index (κ1) is 17.7. The molecule has 0 aliphatic carbocycles. The maximum absolute atomic E-state index is 12.1. The minimum atomic E-state index is -0.283. The predicted molar refractivity (Wildman–Crippen MR) is 87.9 cm³/mol. The zero-order chi connectivity index (χ0) is 16.0. The van der Waals surface area contributed by atoms with Gasteiger partial charge < -0.3 is 10.6 Å². The number of nitrogens with one attached hydrogen (secondary N) is 2. The lowest BCUT2D eigenvalue weighted by Crippen LogP contribution is -2.45. The Kier molecular flexibility index (Phi) is 6.40. The molecule has 118 valence electrons. The van der Waals surface area contributed by atoms with E-state index in [0.29, 0.717) is 4.88 Å². The van der Waals surface area contributed by atoms with Gasteiger partial charge in [-0.1, -0.05) is 20.3 Å². The first-order valence-electron chi connectivity index (χ1n) is 7.47. The van der Waals surface area contributed by atoms with Crippen LogP contribution in [0, 0.1) is 0 Å². The van der Waals surface area contributed by atoms with Crippen LogP contribution in [0.2, 0.25) is 0 Å². The molecule has 0 saturated heterocycles. The minimum absolute atomic E-state index is 0.0125. The molecule has 0 aliphatic rings. The van der Waals surface area contributed by atoms with E-state index in [0.717, 1.165) is 19.3 Å². The second-order valence-electron chi connectivity index (χ2n) is 6.14. The standard InChI is InChI=1S/C16H26N2O2S/c1-6-8-12-11(7-2)9-13(21-12)15(20)17-10-14(19)18-16(3,4)5/h9H,6-8,10H2,1-5H3,(H,17,20)(H,18,19). The monoisotopic (exact) mass is 310 g/mol. The molecule has 0 spiro atoms. The summed E-state index contributed by atoms with van der Waals surface area (Å²) in [5, 5.41) is 5.51. The Hall–Kier alpha value is -1.36. The molecule has 4 nitrogen and oxygen atoms in total. The van der Waals surface area contributed by atoms with E-state index in [-0.39, 0.29) is 23.9 Å². The van der Waals surface area contributed by atoms with Crippen molar-refractivity contribution in [2.45, 2.75) is 59.4 Å². The number of rotatable bonds is 6. The second-order valence-corrected chi connectivity index (χ2v) is 7.28. The van der Waals surface area contributed by atoms with Gasteiger partial charge in [-0.15, -0.1) is 11.3 Å². The highest BCUT2D eigenvalue weighted by Crippen LogP contribution is 2.24. The fourth-order valence-corrected chi connectivity index (χ4v) is 3.30. The van der Waals surface area contributed by atoms with Crippen LogP contribution in [0.5, 0.6) is 0 Å². The Balaban J connectivity index is 2.62. The van der Waals surface area contributed by atoms with E-state index >= 15 is 0 Å². The second kappa shape index (κ2) is 7.59. The van der Waals surface area contributed by atoms with Gasteiger partial charge in [0.15, 0.2) is 0 Å². The van der Waals surface area contributed by atoms with Crippen LogP contribution in [0.4, 0.5) is 0 Å². The zero-order valence-corrected chi connectivity index (χ0v) is 14.4. The summed E-state index contributed by atoms with van der Waals surface area (Å²) < 4.78 is 0. The van der Waals surface area contributed by atoms with Crippen LogP contribution in [0.25, 0.3) is 0 Å². The van der Waals surface area contributed by atoms with Crippen LogP contribution in [0.15, 0.2) is 6.07 Å². The highest BCUT2D eigenvalue weighted by Gasteiger charge is 2.16. The quantitative estimate of drug-likeness (QED) is 0.849. The Bertz CT molecular complexity index is 501. The van der Waals surface area contributed by atoms with Crippen LogP contribution in [0.1, 0.15) is 61.2 Å². The summed E-state index contributed by atoms with van der Waals surface area (Å²) in [4.78, 5) is 25.8. The molecule has 0 unspecified atom stereocenters. The van der Waals surface area contributed by atoms with Gasteiger partial charge in [0.05, 0.1) is 11.4 Å². The van der Waals surface area contributed by atoms with Crippen molar-refractivity contribution in [3.8, 4) is 0 Å². The van der Waals surface area contributed by atoms with Crippen molar-refractivity contribution in [2.75, 3.05) is 6.54 Å². The normalized spacial score (nSPS) is 11.3. The van der Waals surface area contributed by atoms with Crippen LogP contribution in [0.3, 0.4) is 0 Å². The van der Waals surface area contributed by atoms with Crippen LogP contribution in [-0.4, -0.2) is 23.9 Å². The summed E-state index contributed by atoms with van der Waals surface area (Å²) in [5.41, 5.74) is 0.958. The molecule has 2 N–H and O–H groups in total.